The SMILES string of the molecule is CCCCCCCCCCCC/C=C/CC/C=C/CC/C=C/C(O)C(COC1OC(CO)C(OC2OC(CO)C(OC3OC(CO)C(O)C(O)C3O)C(O)C2O)C(O)C1O)NC(=O)CCCCCCCCCCCCCC. The van der Waals surface area contributed by atoms with Gasteiger partial charge in [-0.3, -0.25) is 4.79 Å². The molecule has 1 amide bonds. The molecule has 3 aliphatic heterocycles. The summed E-state index contributed by atoms with van der Waals surface area (Å²) in [6, 6.07) is -0.992. The van der Waals surface area contributed by atoms with Crippen LogP contribution >= 0.6 is 0 Å². The molecule has 450 valence electrons. The van der Waals surface area contributed by atoms with Crippen molar-refractivity contribution in [2.45, 2.75) is 298 Å². The summed E-state index contributed by atoms with van der Waals surface area (Å²) in [5.74, 6) is -0.291. The lowest BCUT2D eigenvalue weighted by Gasteiger charge is -2.48. The molecule has 0 aromatic carbocycles. The first kappa shape index (κ1) is 69.3. The van der Waals surface area contributed by atoms with Crippen LogP contribution in [0.3, 0.4) is 0 Å². The fourth-order valence-corrected chi connectivity index (χ4v) is 9.99. The lowest BCUT2D eigenvalue weighted by Crippen LogP contribution is -2.66. The maximum atomic E-state index is 13.3. The van der Waals surface area contributed by atoms with Crippen LogP contribution in [0.25, 0.3) is 0 Å². The lowest BCUT2D eigenvalue weighted by atomic mass is 9.96. The number of aliphatic hydroxyl groups excluding tert-OH is 11. The molecule has 3 saturated heterocycles. The molecule has 0 saturated carbocycles. The zero-order valence-corrected chi connectivity index (χ0v) is 46.7. The van der Waals surface area contributed by atoms with Crippen LogP contribution in [-0.4, -0.2) is 193 Å². The fourth-order valence-electron chi connectivity index (χ4n) is 9.99. The molecule has 3 rings (SSSR count). The third-order valence-corrected chi connectivity index (χ3v) is 14.9. The third-order valence-electron chi connectivity index (χ3n) is 14.9. The molecule has 17 atom stereocenters. The van der Waals surface area contributed by atoms with E-state index in [0.29, 0.717) is 12.8 Å². The molecule has 0 spiro atoms. The van der Waals surface area contributed by atoms with Gasteiger partial charge in [0, 0.05) is 6.42 Å². The van der Waals surface area contributed by atoms with Crippen molar-refractivity contribution in [2.24, 2.45) is 0 Å². The van der Waals surface area contributed by atoms with Crippen molar-refractivity contribution < 1.29 is 89.4 Å². The molecule has 77 heavy (non-hydrogen) atoms. The number of hydrogen-bond acceptors (Lipinski definition) is 18. The summed E-state index contributed by atoms with van der Waals surface area (Å²) in [7, 11) is 0. The number of unbranched alkanes of at least 4 members (excludes halogenated alkanes) is 23. The van der Waals surface area contributed by atoms with Gasteiger partial charge in [0.15, 0.2) is 18.9 Å². The molecule has 0 radical (unpaired) electrons. The molecule has 19 nitrogen and oxygen atoms in total. The van der Waals surface area contributed by atoms with Gasteiger partial charge in [0.25, 0.3) is 0 Å². The second-order valence-electron chi connectivity index (χ2n) is 21.4. The Morgan fingerprint density at radius 3 is 1.30 bits per heavy atom. The van der Waals surface area contributed by atoms with Crippen LogP contribution in [0.2, 0.25) is 0 Å². The highest BCUT2D eigenvalue weighted by atomic mass is 16.8. The van der Waals surface area contributed by atoms with Crippen LogP contribution in [0.5, 0.6) is 0 Å². The number of carbonyl (C=O) groups is 1. The van der Waals surface area contributed by atoms with E-state index in [1.165, 1.54) is 116 Å². The predicted octanol–water partition coefficient (Wildman–Crippen LogP) is 4.93. The molecule has 0 aromatic heterocycles. The Morgan fingerprint density at radius 1 is 0.455 bits per heavy atom. The van der Waals surface area contributed by atoms with E-state index in [4.69, 9.17) is 28.4 Å². The van der Waals surface area contributed by atoms with E-state index < -0.39 is 124 Å². The highest BCUT2D eigenvalue weighted by molar-refractivity contribution is 5.76. The van der Waals surface area contributed by atoms with Gasteiger partial charge >= 0.3 is 0 Å². The maximum Gasteiger partial charge on any atom is 0.220 e. The largest absolute Gasteiger partial charge is 0.394 e. The zero-order chi connectivity index (χ0) is 56.2. The number of ether oxygens (including phenoxy) is 6. The van der Waals surface area contributed by atoms with Crippen molar-refractivity contribution in [1.29, 1.82) is 0 Å². The second kappa shape index (κ2) is 41.9. The first-order valence-corrected chi connectivity index (χ1v) is 29.7. The van der Waals surface area contributed by atoms with Crippen LogP contribution in [0.1, 0.15) is 194 Å². The van der Waals surface area contributed by atoms with E-state index in [1.807, 2.05) is 6.08 Å². The Bertz CT molecular complexity index is 1550. The Kier molecular flexibility index (Phi) is 37.7. The van der Waals surface area contributed by atoms with Gasteiger partial charge in [0.05, 0.1) is 38.6 Å². The highest BCUT2D eigenvalue weighted by Gasteiger charge is 2.53. The van der Waals surface area contributed by atoms with E-state index in [0.717, 1.165) is 44.9 Å². The lowest BCUT2D eigenvalue weighted by molar-refractivity contribution is -0.379. The van der Waals surface area contributed by atoms with Crippen LogP contribution in [0.15, 0.2) is 36.5 Å². The molecule has 0 bridgehead atoms. The van der Waals surface area contributed by atoms with Gasteiger partial charge in [-0.25, -0.2) is 0 Å². The van der Waals surface area contributed by atoms with E-state index >= 15 is 0 Å². The summed E-state index contributed by atoms with van der Waals surface area (Å²) in [6.07, 6.45) is 17.1. The fraction of sp³-hybridized carbons (Fsp3) is 0.879. The zero-order valence-electron chi connectivity index (χ0n) is 46.7. The molecular weight excluding hydrogens is 999 g/mol. The van der Waals surface area contributed by atoms with E-state index in [2.05, 4.69) is 43.5 Å². The molecule has 3 heterocycles. The molecule has 3 fully saturated rings. The van der Waals surface area contributed by atoms with Gasteiger partial charge < -0.3 is 89.9 Å². The van der Waals surface area contributed by atoms with Gasteiger partial charge in [-0.05, 0) is 44.9 Å². The van der Waals surface area contributed by atoms with Gasteiger partial charge in [-0.15, -0.1) is 0 Å². The van der Waals surface area contributed by atoms with Crippen LogP contribution in [0.4, 0.5) is 0 Å². The second-order valence-corrected chi connectivity index (χ2v) is 21.4. The average Bonchev–Trinajstić information content (AvgIpc) is 3.43. The first-order valence-electron chi connectivity index (χ1n) is 29.7. The average molecular weight is 1100 g/mol. The Labute approximate surface area is 460 Å². The van der Waals surface area contributed by atoms with E-state index in [-0.39, 0.29) is 18.9 Å². The topological polar surface area (TPSA) is 307 Å². The molecule has 12 N–H and O–H groups in total. The summed E-state index contributed by atoms with van der Waals surface area (Å²) in [5.41, 5.74) is 0. The normalized spacial score (nSPS) is 30.9. The van der Waals surface area contributed by atoms with Crippen molar-refractivity contribution in [3.63, 3.8) is 0 Å². The van der Waals surface area contributed by atoms with Gasteiger partial charge in [0.1, 0.15) is 73.2 Å². The van der Waals surface area contributed by atoms with Crippen molar-refractivity contribution in [3.8, 4) is 0 Å². The number of aliphatic hydroxyl groups is 11. The molecule has 3 aliphatic rings. The Morgan fingerprint density at radius 2 is 0.831 bits per heavy atom. The van der Waals surface area contributed by atoms with E-state index in [9.17, 15) is 61.0 Å². The number of rotatable bonds is 43. The van der Waals surface area contributed by atoms with Crippen molar-refractivity contribution >= 4 is 5.91 Å². The molecular formula is C58H105NO18. The molecule has 19 heteroatoms. The molecule has 0 aliphatic carbocycles. The highest BCUT2D eigenvalue weighted by Crippen LogP contribution is 2.33. The standard InChI is InChI=1S/C58H105NO18/c1-3-5-7-9-11-13-15-17-18-19-20-21-22-23-24-25-27-29-31-33-35-42(63)41(59-46(64)36-34-32-30-28-26-16-14-12-10-8-6-4-2)40-72-56-52(70)49(67)54(44(38-61)74-56)77-58-53(71)50(68)55(45(39-62)75-58)76-57-51(69)48(66)47(65)43(37-60)73-57/h21-22,25,27,33,35,41-45,47-58,60-63,65-71H,3-20,23-24,26,28-32,34,36-40H2,1-2H3,(H,59,64)/b22-21+,27-25+,35-33+. The summed E-state index contributed by atoms with van der Waals surface area (Å²) in [4.78, 5) is 13.3. The van der Waals surface area contributed by atoms with Crippen LogP contribution in [0, 0.1) is 0 Å². The predicted molar refractivity (Wildman–Crippen MR) is 291 cm³/mol. The van der Waals surface area contributed by atoms with Crippen molar-refractivity contribution in [3.05, 3.63) is 36.5 Å². The summed E-state index contributed by atoms with van der Waals surface area (Å²) in [6.45, 7) is 1.68. The monoisotopic (exact) mass is 1100 g/mol. The van der Waals surface area contributed by atoms with Crippen molar-refractivity contribution in [2.75, 3.05) is 26.4 Å². The first-order chi connectivity index (χ1) is 37.3. The number of amides is 1. The summed E-state index contributed by atoms with van der Waals surface area (Å²) in [5, 5.41) is 120. The minimum atomic E-state index is -1.98. The van der Waals surface area contributed by atoms with Crippen LogP contribution in [-0.2, 0) is 33.2 Å². The minimum absolute atomic E-state index is 0.234. The number of carbonyl (C=O) groups excluding carboxylic acids is 1. The van der Waals surface area contributed by atoms with Crippen LogP contribution < -0.4 is 5.32 Å². The van der Waals surface area contributed by atoms with Gasteiger partial charge in [-0.2, -0.15) is 0 Å². The Balaban J connectivity index is 1.52. The van der Waals surface area contributed by atoms with Gasteiger partial charge in [-0.1, -0.05) is 179 Å². The molecule has 17 unspecified atom stereocenters. The smallest absolute Gasteiger partial charge is 0.220 e. The van der Waals surface area contributed by atoms with E-state index in [1.54, 1.807) is 6.08 Å². The number of hydrogen-bond donors (Lipinski definition) is 12. The summed E-state index contributed by atoms with van der Waals surface area (Å²) < 4.78 is 34.2. The van der Waals surface area contributed by atoms with Crippen molar-refractivity contribution in [1.82, 2.24) is 5.32 Å². The Hall–Kier alpha value is -1.99. The molecule has 0 aromatic rings. The quantitative estimate of drug-likeness (QED) is 0.0285. The number of nitrogens with one attached hydrogen (secondary N) is 1. The van der Waals surface area contributed by atoms with Gasteiger partial charge in [0.2, 0.25) is 5.91 Å². The summed E-state index contributed by atoms with van der Waals surface area (Å²) >= 11 is 0. The number of allylic oxidation sites excluding steroid dienone is 5. The minimum Gasteiger partial charge on any atom is -0.394 e. The maximum absolute atomic E-state index is 13.3. The third kappa shape index (κ3) is 26.2.